The zero-order valence-corrected chi connectivity index (χ0v) is 7.00. The van der Waals surface area contributed by atoms with E-state index in [9.17, 15) is 0 Å². The average molecular weight is 163 g/mol. The topological polar surface area (TPSA) is 35.3 Å². The number of rotatable bonds is 1. The van der Waals surface area contributed by atoms with E-state index < -0.39 is 0 Å². The molecule has 0 amide bonds. The number of hydrogen-bond acceptors (Lipinski definition) is 3. The SMILES string of the molecule is COc1cc(C)cc2cnoc12. The van der Waals surface area contributed by atoms with Crippen LogP contribution in [0.3, 0.4) is 0 Å². The fraction of sp³-hybridized carbons (Fsp3) is 0.222. The second-order valence-corrected chi connectivity index (χ2v) is 2.71. The van der Waals surface area contributed by atoms with Gasteiger partial charge in [0.1, 0.15) is 0 Å². The summed E-state index contributed by atoms with van der Waals surface area (Å²) in [6, 6.07) is 3.93. The number of aryl methyl sites for hydroxylation is 1. The van der Waals surface area contributed by atoms with Gasteiger partial charge in [-0.25, -0.2) is 0 Å². The Morgan fingerprint density at radius 3 is 3.00 bits per heavy atom. The summed E-state index contributed by atoms with van der Waals surface area (Å²) >= 11 is 0. The van der Waals surface area contributed by atoms with Crippen LogP contribution < -0.4 is 4.74 Å². The van der Waals surface area contributed by atoms with E-state index in [0.717, 1.165) is 16.7 Å². The monoisotopic (exact) mass is 163 g/mol. The van der Waals surface area contributed by atoms with E-state index in [1.54, 1.807) is 13.3 Å². The Balaban J connectivity index is 2.80. The number of nitrogens with zero attached hydrogens (tertiary/aromatic N) is 1. The predicted molar refractivity (Wildman–Crippen MR) is 45.3 cm³/mol. The molecule has 1 heterocycles. The number of benzene rings is 1. The maximum Gasteiger partial charge on any atom is 0.208 e. The summed E-state index contributed by atoms with van der Waals surface area (Å²) in [4.78, 5) is 0. The van der Waals surface area contributed by atoms with E-state index in [4.69, 9.17) is 9.26 Å². The first kappa shape index (κ1) is 7.16. The van der Waals surface area contributed by atoms with Crippen molar-refractivity contribution in [3.8, 4) is 5.75 Å². The van der Waals surface area contributed by atoms with E-state index in [1.165, 1.54) is 0 Å². The third-order valence-electron chi connectivity index (χ3n) is 1.78. The Morgan fingerprint density at radius 1 is 1.42 bits per heavy atom. The molecule has 0 N–H and O–H groups in total. The molecule has 2 aromatic rings. The molecule has 3 heteroatoms. The first-order valence-electron chi connectivity index (χ1n) is 3.70. The molecule has 0 aliphatic carbocycles. The van der Waals surface area contributed by atoms with Crippen LogP contribution in [0.25, 0.3) is 11.0 Å². The lowest BCUT2D eigenvalue weighted by Gasteiger charge is -2.00. The van der Waals surface area contributed by atoms with Crippen molar-refractivity contribution in [3.63, 3.8) is 0 Å². The molecule has 0 saturated carbocycles. The minimum absolute atomic E-state index is 0.711. The van der Waals surface area contributed by atoms with Crippen LogP contribution in [0, 0.1) is 6.92 Å². The maximum atomic E-state index is 5.13. The summed E-state index contributed by atoms with van der Waals surface area (Å²) in [6.07, 6.45) is 1.69. The minimum Gasteiger partial charge on any atom is -0.493 e. The van der Waals surface area contributed by atoms with Gasteiger partial charge in [-0.3, -0.25) is 0 Å². The molecule has 2 rings (SSSR count). The first-order valence-corrected chi connectivity index (χ1v) is 3.70. The molecule has 0 spiro atoms. The number of ether oxygens (including phenoxy) is 1. The Labute approximate surface area is 69.9 Å². The van der Waals surface area contributed by atoms with Gasteiger partial charge in [0.15, 0.2) is 5.75 Å². The van der Waals surface area contributed by atoms with Gasteiger partial charge in [0.05, 0.1) is 13.3 Å². The maximum absolute atomic E-state index is 5.13. The van der Waals surface area contributed by atoms with E-state index in [1.807, 2.05) is 19.1 Å². The number of hydrogen-bond donors (Lipinski definition) is 0. The summed E-state index contributed by atoms with van der Waals surface area (Å²) in [5, 5.41) is 4.67. The molecule has 0 aliphatic rings. The standard InChI is InChI=1S/C9H9NO2/c1-6-3-7-5-10-12-9(7)8(4-6)11-2/h3-5H,1-2H3. The second kappa shape index (κ2) is 2.52. The van der Waals surface area contributed by atoms with E-state index in [0.29, 0.717) is 5.58 Å². The zero-order valence-electron chi connectivity index (χ0n) is 7.00. The Morgan fingerprint density at radius 2 is 2.25 bits per heavy atom. The molecular weight excluding hydrogens is 154 g/mol. The summed E-state index contributed by atoms with van der Waals surface area (Å²) in [5.41, 5.74) is 1.85. The van der Waals surface area contributed by atoms with Crippen molar-refractivity contribution in [2.75, 3.05) is 7.11 Å². The molecule has 0 unspecified atom stereocenters. The largest absolute Gasteiger partial charge is 0.493 e. The molecule has 1 aromatic heterocycles. The molecule has 0 aliphatic heterocycles. The van der Waals surface area contributed by atoms with Crippen LogP contribution in [-0.4, -0.2) is 12.3 Å². The van der Waals surface area contributed by atoms with Crippen molar-refractivity contribution in [1.29, 1.82) is 0 Å². The van der Waals surface area contributed by atoms with Gasteiger partial charge in [-0.1, -0.05) is 5.16 Å². The molecule has 12 heavy (non-hydrogen) atoms. The summed E-state index contributed by atoms with van der Waals surface area (Å²) < 4.78 is 10.2. The van der Waals surface area contributed by atoms with Gasteiger partial charge in [-0.2, -0.15) is 0 Å². The van der Waals surface area contributed by atoms with Crippen molar-refractivity contribution >= 4 is 11.0 Å². The normalized spacial score (nSPS) is 10.5. The lowest BCUT2D eigenvalue weighted by molar-refractivity contribution is 0.393. The van der Waals surface area contributed by atoms with Crippen LogP contribution in [0.4, 0.5) is 0 Å². The summed E-state index contributed by atoms with van der Waals surface area (Å²) in [5.74, 6) is 0.738. The highest BCUT2D eigenvalue weighted by Gasteiger charge is 2.05. The van der Waals surface area contributed by atoms with Crippen LogP contribution in [0.1, 0.15) is 5.56 Å². The van der Waals surface area contributed by atoms with Gasteiger partial charge < -0.3 is 9.26 Å². The third-order valence-corrected chi connectivity index (χ3v) is 1.78. The molecule has 62 valence electrons. The van der Waals surface area contributed by atoms with Gasteiger partial charge in [-0.15, -0.1) is 0 Å². The van der Waals surface area contributed by atoms with E-state index in [2.05, 4.69) is 5.16 Å². The molecule has 1 aromatic carbocycles. The Hall–Kier alpha value is -1.51. The van der Waals surface area contributed by atoms with E-state index >= 15 is 0 Å². The number of aromatic nitrogens is 1. The van der Waals surface area contributed by atoms with Crippen LogP contribution >= 0.6 is 0 Å². The lowest BCUT2D eigenvalue weighted by Crippen LogP contribution is -1.83. The first-order chi connectivity index (χ1) is 5.81. The van der Waals surface area contributed by atoms with Crippen molar-refractivity contribution in [2.45, 2.75) is 6.92 Å². The van der Waals surface area contributed by atoms with Gasteiger partial charge in [0.2, 0.25) is 5.58 Å². The third kappa shape index (κ3) is 0.942. The van der Waals surface area contributed by atoms with Crippen molar-refractivity contribution in [1.82, 2.24) is 5.16 Å². The van der Waals surface area contributed by atoms with E-state index in [-0.39, 0.29) is 0 Å². The van der Waals surface area contributed by atoms with Gasteiger partial charge in [0.25, 0.3) is 0 Å². The zero-order chi connectivity index (χ0) is 8.55. The Bertz CT molecular complexity index is 406. The number of methoxy groups -OCH3 is 1. The molecule has 0 fully saturated rings. The fourth-order valence-electron chi connectivity index (χ4n) is 1.25. The highest BCUT2D eigenvalue weighted by molar-refractivity contribution is 5.82. The van der Waals surface area contributed by atoms with Gasteiger partial charge in [-0.05, 0) is 24.6 Å². The van der Waals surface area contributed by atoms with Crippen molar-refractivity contribution in [2.24, 2.45) is 0 Å². The average Bonchev–Trinajstić information content (AvgIpc) is 2.50. The van der Waals surface area contributed by atoms with Crippen LogP contribution in [0.5, 0.6) is 5.75 Å². The quantitative estimate of drug-likeness (QED) is 0.646. The molecular formula is C9H9NO2. The van der Waals surface area contributed by atoms with Crippen LogP contribution in [0.2, 0.25) is 0 Å². The summed E-state index contributed by atoms with van der Waals surface area (Å²) in [7, 11) is 1.62. The molecule has 0 atom stereocenters. The molecule has 0 saturated heterocycles. The minimum atomic E-state index is 0.711. The van der Waals surface area contributed by atoms with Gasteiger partial charge >= 0.3 is 0 Å². The fourth-order valence-corrected chi connectivity index (χ4v) is 1.25. The van der Waals surface area contributed by atoms with Crippen LogP contribution in [0.15, 0.2) is 22.9 Å². The van der Waals surface area contributed by atoms with Gasteiger partial charge in [0, 0.05) is 5.39 Å². The van der Waals surface area contributed by atoms with Crippen molar-refractivity contribution < 1.29 is 9.26 Å². The lowest BCUT2D eigenvalue weighted by atomic mass is 10.2. The number of fused-ring (bicyclic) bond motifs is 1. The highest BCUT2D eigenvalue weighted by atomic mass is 16.5. The smallest absolute Gasteiger partial charge is 0.208 e. The van der Waals surface area contributed by atoms with Crippen molar-refractivity contribution in [3.05, 3.63) is 23.9 Å². The second-order valence-electron chi connectivity index (χ2n) is 2.71. The molecule has 0 radical (unpaired) electrons. The molecule has 3 nitrogen and oxygen atoms in total. The summed E-state index contributed by atoms with van der Waals surface area (Å²) in [6.45, 7) is 2.01. The molecule has 0 bridgehead atoms. The van der Waals surface area contributed by atoms with Crippen LogP contribution in [-0.2, 0) is 0 Å². The predicted octanol–water partition coefficient (Wildman–Crippen LogP) is 2.14. The Kier molecular flexibility index (Phi) is 1.50. The highest BCUT2D eigenvalue weighted by Crippen LogP contribution is 2.26.